The summed E-state index contributed by atoms with van der Waals surface area (Å²) < 4.78 is 0. The van der Waals surface area contributed by atoms with Crippen molar-refractivity contribution in [3.63, 3.8) is 0 Å². The Bertz CT molecular complexity index is 600. The first kappa shape index (κ1) is 19.2. The maximum atomic E-state index is 12.6. The third-order valence-corrected chi connectivity index (χ3v) is 5.13. The third kappa shape index (κ3) is 4.92. The lowest BCUT2D eigenvalue weighted by Gasteiger charge is -2.35. The molecule has 1 aliphatic carbocycles. The maximum Gasteiger partial charge on any atom is 0.317 e. The van der Waals surface area contributed by atoms with Crippen molar-refractivity contribution in [1.29, 1.82) is 0 Å². The predicted octanol–water partition coefficient (Wildman–Crippen LogP) is 3.24. The van der Waals surface area contributed by atoms with Gasteiger partial charge in [-0.3, -0.25) is 10.1 Å². The second-order valence-corrected chi connectivity index (χ2v) is 6.73. The fraction of sp³-hybridized carbons (Fsp3) is 0.611. The molecular weight excluding hydrogens is 322 g/mol. The number of hydrogen-bond acceptors (Lipinski definition) is 4. The van der Waals surface area contributed by atoms with Crippen LogP contribution >= 0.6 is 0 Å². The van der Waals surface area contributed by atoms with Gasteiger partial charge in [-0.1, -0.05) is 19.1 Å². The second-order valence-electron chi connectivity index (χ2n) is 6.73. The molecule has 1 fully saturated rings. The maximum absolute atomic E-state index is 12.6. The van der Waals surface area contributed by atoms with E-state index in [-0.39, 0.29) is 30.4 Å². The zero-order chi connectivity index (χ0) is 18.4. The van der Waals surface area contributed by atoms with Crippen LogP contribution in [-0.4, -0.2) is 40.7 Å². The number of nitro groups is 1. The Morgan fingerprint density at radius 3 is 2.64 bits per heavy atom. The second kappa shape index (κ2) is 8.80. The number of non-ortho nitro benzene ring substituents is 1. The van der Waals surface area contributed by atoms with Gasteiger partial charge in [0.2, 0.25) is 0 Å². The fourth-order valence-corrected chi connectivity index (χ4v) is 3.41. The minimum atomic E-state index is -0.427. The molecule has 138 valence electrons. The van der Waals surface area contributed by atoms with Crippen molar-refractivity contribution in [2.24, 2.45) is 5.92 Å². The van der Waals surface area contributed by atoms with Gasteiger partial charge >= 0.3 is 6.03 Å². The Labute approximate surface area is 148 Å². The average Bonchev–Trinajstić information content (AvgIpc) is 2.65. The quantitative estimate of drug-likeness (QED) is 0.609. The van der Waals surface area contributed by atoms with E-state index in [2.05, 4.69) is 5.32 Å². The Hall–Kier alpha value is -2.15. The Morgan fingerprint density at radius 2 is 2.08 bits per heavy atom. The number of aliphatic hydroxyl groups is 1. The summed E-state index contributed by atoms with van der Waals surface area (Å²) in [5.41, 5.74) is 0.767. The van der Waals surface area contributed by atoms with E-state index in [1.165, 1.54) is 12.1 Å². The molecule has 1 aliphatic rings. The zero-order valence-corrected chi connectivity index (χ0v) is 14.9. The topological polar surface area (TPSA) is 95.7 Å². The highest BCUT2D eigenvalue weighted by Gasteiger charge is 2.27. The van der Waals surface area contributed by atoms with Crippen molar-refractivity contribution < 1.29 is 14.8 Å². The van der Waals surface area contributed by atoms with Gasteiger partial charge in [-0.15, -0.1) is 0 Å². The van der Waals surface area contributed by atoms with Gasteiger partial charge in [-0.25, -0.2) is 4.79 Å². The Morgan fingerprint density at radius 1 is 1.40 bits per heavy atom. The molecule has 0 aliphatic heterocycles. The smallest absolute Gasteiger partial charge is 0.317 e. The molecule has 0 aromatic heterocycles. The first-order valence-corrected chi connectivity index (χ1v) is 8.84. The molecule has 7 nitrogen and oxygen atoms in total. The number of nitro benzene ring substituents is 1. The molecule has 1 aromatic rings. The summed E-state index contributed by atoms with van der Waals surface area (Å²) in [7, 11) is 1.79. The number of nitrogens with zero attached hydrogens (tertiary/aromatic N) is 2. The van der Waals surface area contributed by atoms with Crippen LogP contribution in [0.1, 0.15) is 50.6 Å². The zero-order valence-electron chi connectivity index (χ0n) is 14.9. The number of rotatable bonds is 6. The number of urea groups is 1. The summed E-state index contributed by atoms with van der Waals surface area (Å²) in [6.07, 6.45) is 4.30. The van der Waals surface area contributed by atoms with Crippen LogP contribution in [0.15, 0.2) is 24.3 Å². The molecule has 1 unspecified atom stereocenters. The van der Waals surface area contributed by atoms with Gasteiger partial charge in [0.25, 0.3) is 5.69 Å². The van der Waals surface area contributed by atoms with Crippen LogP contribution in [0, 0.1) is 16.0 Å². The van der Waals surface area contributed by atoms with E-state index in [1.807, 2.05) is 6.92 Å². The van der Waals surface area contributed by atoms with Crippen molar-refractivity contribution in [3.8, 4) is 0 Å². The van der Waals surface area contributed by atoms with Crippen LogP contribution in [0.25, 0.3) is 0 Å². The SMILES string of the molecule is CCC(NC(=O)N(C)C1CCC(CO)CC1)c1cccc([N+](=O)[O-])c1. The lowest BCUT2D eigenvalue weighted by atomic mass is 9.86. The fourth-order valence-electron chi connectivity index (χ4n) is 3.41. The molecular formula is C18H27N3O4. The Kier molecular flexibility index (Phi) is 6.75. The molecule has 0 heterocycles. The predicted molar refractivity (Wildman–Crippen MR) is 95.3 cm³/mol. The summed E-state index contributed by atoms with van der Waals surface area (Å²) >= 11 is 0. The van der Waals surface area contributed by atoms with Gasteiger partial charge in [-0.2, -0.15) is 0 Å². The number of benzene rings is 1. The molecule has 1 atom stereocenters. The van der Waals surface area contributed by atoms with Crippen LogP contribution in [0.5, 0.6) is 0 Å². The molecule has 2 rings (SSSR count). The van der Waals surface area contributed by atoms with Gasteiger partial charge < -0.3 is 15.3 Å². The summed E-state index contributed by atoms with van der Waals surface area (Å²) in [6, 6.07) is 6.15. The van der Waals surface area contributed by atoms with E-state index in [0.717, 1.165) is 31.2 Å². The summed E-state index contributed by atoms with van der Waals surface area (Å²) in [5, 5.41) is 23.2. The first-order valence-electron chi connectivity index (χ1n) is 8.84. The van der Waals surface area contributed by atoms with Crippen molar-refractivity contribution in [2.75, 3.05) is 13.7 Å². The molecule has 0 radical (unpaired) electrons. The summed E-state index contributed by atoms with van der Waals surface area (Å²) in [6.45, 7) is 2.16. The standard InChI is InChI=1S/C18H27N3O4/c1-3-17(14-5-4-6-16(11-14)21(24)25)19-18(23)20(2)15-9-7-13(12-22)8-10-15/h4-6,11,13,15,17,22H,3,7-10,12H2,1-2H3,(H,19,23). The van der Waals surface area contributed by atoms with Crippen LogP contribution in [0.3, 0.4) is 0 Å². The molecule has 2 N–H and O–H groups in total. The van der Waals surface area contributed by atoms with Crippen LogP contribution < -0.4 is 5.32 Å². The van der Waals surface area contributed by atoms with Crippen LogP contribution in [0.2, 0.25) is 0 Å². The van der Waals surface area contributed by atoms with Crippen LogP contribution in [0.4, 0.5) is 10.5 Å². The van der Waals surface area contributed by atoms with Gasteiger partial charge in [-0.05, 0) is 43.6 Å². The van der Waals surface area contributed by atoms with Gasteiger partial charge in [0.05, 0.1) is 11.0 Å². The molecule has 2 amide bonds. The van der Waals surface area contributed by atoms with Crippen molar-refractivity contribution in [1.82, 2.24) is 10.2 Å². The molecule has 0 spiro atoms. The van der Waals surface area contributed by atoms with Crippen molar-refractivity contribution >= 4 is 11.7 Å². The highest BCUT2D eigenvalue weighted by molar-refractivity contribution is 5.74. The minimum Gasteiger partial charge on any atom is -0.396 e. The molecule has 25 heavy (non-hydrogen) atoms. The number of aliphatic hydroxyl groups excluding tert-OH is 1. The number of carbonyl (C=O) groups excluding carboxylic acids is 1. The van der Waals surface area contributed by atoms with E-state index in [4.69, 9.17) is 0 Å². The number of hydrogen-bond donors (Lipinski definition) is 2. The van der Waals surface area contributed by atoms with Gasteiger partial charge in [0, 0.05) is 31.8 Å². The molecule has 1 saturated carbocycles. The number of carbonyl (C=O) groups is 1. The minimum absolute atomic E-state index is 0.0286. The highest BCUT2D eigenvalue weighted by atomic mass is 16.6. The van der Waals surface area contributed by atoms with Gasteiger partial charge in [0.1, 0.15) is 0 Å². The largest absolute Gasteiger partial charge is 0.396 e. The van der Waals surface area contributed by atoms with E-state index in [1.54, 1.807) is 24.1 Å². The normalized spacial score (nSPS) is 21.4. The number of nitrogens with one attached hydrogen (secondary N) is 1. The van der Waals surface area contributed by atoms with Gasteiger partial charge in [0.15, 0.2) is 0 Å². The summed E-state index contributed by atoms with van der Waals surface area (Å²) in [4.78, 5) is 24.8. The van der Waals surface area contributed by atoms with E-state index in [9.17, 15) is 20.0 Å². The average molecular weight is 349 g/mol. The molecule has 1 aromatic carbocycles. The lowest BCUT2D eigenvalue weighted by molar-refractivity contribution is -0.384. The monoisotopic (exact) mass is 349 g/mol. The van der Waals surface area contributed by atoms with Crippen molar-refractivity contribution in [2.45, 2.75) is 51.1 Å². The third-order valence-electron chi connectivity index (χ3n) is 5.13. The lowest BCUT2D eigenvalue weighted by Crippen LogP contribution is -2.46. The molecule has 7 heteroatoms. The number of amides is 2. The van der Waals surface area contributed by atoms with Crippen molar-refractivity contribution in [3.05, 3.63) is 39.9 Å². The van der Waals surface area contributed by atoms with E-state index < -0.39 is 4.92 Å². The first-order chi connectivity index (χ1) is 12.0. The highest BCUT2D eigenvalue weighted by Crippen LogP contribution is 2.27. The molecule has 0 saturated heterocycles. The molecule has 0 bridgehead atoms. The summed E-state index contributed by atoms with van der Waals surface area (Å²) in [5.74, 6) is 0.348. The Balaban J connectivity index is 1.99. The van der Waals surface area contributed by atoms with E-state index >= 15 is 0 Å². The van der Waals surface area contributed by atoms with Crippen LogP contribution in [-0.2, 0) is 0 Å². The van der Waals surface area contributed by atoms with E-state index in [0.29, 0.717) is 12.3 Å².